The number of hydrogen-bond donors (Lipinski definition) is 1. The maximum absolute atomic E-state index is 11.6. The first-order valence-corrected chi connectivity index (χ1v) is 7.14. The minimum atomic E-state index is -1.46. The van der Waals surface area contributed by atoms with Crippen molar-refractivity contribution in [2.45, 2.75) is 6.23 Å². The fraction of sp³-hybridized carbons (Fsp3) is 0.188. The molecule has 3 rings (SSSR count). The molecule has 9 heteroatoms. The highest BCUT2D eigenvalue weighted by Crippen LogP contribution is 2.43. The Labute approximate surface area is 141 Å². The van der Waals surface area contributed by atoms with E-state index in [4.69, 9.17) is 14.2 Å². The van der Waals surface area contributed by atoms with Crippen LogP contribution in [0.5, 0.6) is 17.2 Å². The number of aromatic carboxylic acids is 1. The van der Waals surface area contributed by atoms with Crippen LogP contribution in [0.3, 0.4) is 0 Å². The lowest BCUT2D eigenvalue weighted by Crippen LogP contribution is -2.27. The van der Waals surface area contributed by atoms with E-state index < -0.39 is 17.1 Å². The molecule has 1 N–H and O–H groups in total. The molecule has 1 aliphatic rings. The molecule has 0 amide bonds. The summed E-state index contributed by atoms with van der Waals surface area (Å²) in [5.74, 6) is -0.972. The number of non-ortho nitro benzene ring substituents is 1. The van der Waals surface area contributed by atoms with Crippen molar-refractivity contribution in [2.75, 3.05) is 19.5 Å². The Morgan fingerprint density at radius 1 is 1.24 bits per heavy atom. The molecule has 0 radical (unpaired) electrons. The molecule has 0 saturated heterocycles. The van der Waals surface area contributed by atoms with Gasteiger partial charge in [-0.3, -0.25) is 10.1 Å². The summed E-state index contributed by atoms with van der Waals surface area (Å²) in [6, 6.07) is 7.13. The fourth-order valence-corrected chi connectivity index (χ4v) is 2.65. The number of carbonyl (C=O) groups excluding carboxylic acids is 1. The number of carbonyl (C=O) groups is 1. The van der Waals surface area contributed by atoms with Crippen molar-refractivity contribution in [2.24, 2.45) is 0 Å². The molecule has 0 spiro atoms. The lowest BCUT2D eigenvalue weighted by Gasteiger charge is -2.21. The van der Waals surface area contributed by atoms with Crippen LogP contribution in [0.1, 0.15) is 22.1 Å². The fourth-order valence-electron chi connectivity index (χ4n) is 2.65. The number of carboxylic acid groups (broad SMARTS) is 1. The van der Waals surface area contributed by atoms with E-state index in [0.717, 1.165) is 0 Å². The molecule has 25 heavy (non-hydrogen) atoms. The molecule has 2 aromatic rings. The second-order valence-electron chi connectivity index (χ2n) is 5.13. The molecule has 2 aromatic carbocycles. The third-order valence-corrected chi connectivity index (χ3v) is 3.77. The van der Waals surface area contributed by atoms with Crippen LogP contribution >= 0.6 is 0 Å². The quantitative estimate of drug-likeness (QED) is 0.638. The lowest BCUT2D eigenvalue weighted by molar-refractivity contribution is -0.384. The number of nitro benzene ring substituents is 1. The minimum absolute atomic E-state index is 0.00679. The zero-order chi connectivity index (χ0) is 18.1. The highest BCUT2D eigenvalue weighted by molar-refractivity contribution is 5.93. The van der Waals surface area contributed by atoms with Crippen LogP contribution < -0.4 is 24.6 Å². The summed E-state index contributed by atoms with van der Waals surface area (Å²) in [7, 11) is 2.70. The number of fused-ring (bicyclic) bond motifs is 1. The highest BCUT2D eigenvalue weighted by atomic mass is 16.6. The Bertz CT molecular complexity index is 866. The smallest absolute Gasteiger partial charge is 0.273 e. The zero-order valence-corrected chi connectivity index (χ0v) is 13.3. The lowest BCUT2D eigenvalue weighted by atomic mass is 10.0. The Morgan fingerprint density at radius 2 is 2.00 bits per heavy atom. The zero-order valence-electron chi connectivity index (χ0n) is 13.3. The Kier molecular flexibility index (Phi) is 4.05. The molecule has 9 nitrogen and oxygen atoms in total. The van der Waals surface area contributed by atoms with Crippen molar-refractivity contribution < 1.29 is 29.0 Å². The molecule has 1 atom stereocenters. The first-order valence-electron chi connectivity index (χ1n) is 7.14. The number of nitrogens with one attached hydrogen (secondary N) is 1. The molecule has 0 aliphatic carbocycles. The monoisotopic (exact) mass is 345 g/mol. The predicted octanol–water partition coefficient (Wildman–Crippen LogP) is 1.48. The van der Waals surface area contributed by atoms with Crippen LogP contribution in [0, 0.1) is 10.1 Å². The third-order valence-electron chi connectivity index (χ3n) is 3.77. The van der Waals surface area contributed by atoms with Gasteiger partial charge in [-0.05, 0) is 18.2 Å². The van der Waals surface area contributed by atoms with Crippen molar-refractivity contribution in [3.63, 3.8) is 0 Å². The van der Waals surface area contributed by atoms with E-state index in [-0.39, 0.29) is 34.1 Å². The van der Waals surface area contributed by atoms with Crippen LogP contribution in [0.15, 0.2) is 30.3 Å². The highest BCUT2D eigenvalue weighted by Gasteiger charge is 2.29. The van der Waals surface area contributed by atoms with Gasteiger partial charge in [-0.25, -0.2) is 0 Å². The van der Waals surface area contributed by atoms with Gasteiger partial charge < -0.3 is 29.4 Å². The number of carboxylic acids is 1. The van der Waals surface area contributed by atoms with E-state index in [1.165, 1.54) is 44.6 Å². The maximum atomic E-state index is 11.6. The predicted molar refractivity (Wildman–Crippen MR) is 84.0 cm³/mol. The standard InChI is InChI=1S/C16H14N2O7/c1-23-11-6-4-9(13(16(19)20)14(11)24-2)15-17-10-5-3-8(18(21)22)7-12(10)25-15/h3-7,15,17H,1-2H3,(H,19,20)/p-1/t15-/m1/s1. The Balaban J connectivity index is 2.03. The molecule has 0 saturated carbocycles. The summed E-state index contributed by atoms with van der Waals surface area (Å²) in [5, 5.41) is 25.5. The molecule has 1 aliphatic heterocycles. The summed E-state index contributed by atoms with van der Waals surface area (Å²) in [6.45, 7) is 0. The second-order valence-corrected chi connectivity index (χ2v) is 5.13. The molecule has 1 heterocycles. The normalized spacial score (nSPS) is 14.9. The SMILES string of the molecule is COc1ccc([C@@H]2Nc3ccc([N+](=O)[O-])cc3O2)c(C(=O)[O-])c1OC. The van der Waals surface area contributed by atoms with Gasteiger partial charge in [-0.2, -0.15) is 0 Å². The third kappa shape index (κ3) is 2.75. The van der Waals surface area contributed by atoms with Gasteiger partial charge in [0.05, 0.1) is 42.4 Å². The Morgan fingerprint density at radius 3 is 2.60 bits per heavy atom. The van der Waals surface area contributed by atoms with Gasteiger partial charge in [0, 0.05) is 11.6 Å². The van der Waals surface area contributed by atoms with Crippen LogP contribution in [0.25, 0.3) is 0 Å². The number of rotatable bonds is 5. The van der Waals surface area contributed by atoms with Gasteiger partial charge in [0.15, 0.2) is 23.5 Å². The largest absolute Gasteiger partial charge is 0.545 e. The molecular weight excluding hydrogens is 332 g/mol. The number of nitro groups is 1. The van der Waals surface area contributed by atoms with Crippen LogP contribution in [-0.2, 0) is 0 Å². The number of hydrogen-bond acceptors (Lipinski definition) is 8. The maximum Gasteiger partial charge on any atom is 0.273 e. The molecule has 0 bridgehead atoms. The number of nitrogens with zero attached hydrogens (tertiary/aromatic N) is 1. The van der Waals surface area contributed by atoms with E-state index in [0.29, 0.717) is 5.69 Å². The first kappa shape index (κ1) is 16.4. The van der Waals surface area contributed by atoms with Crippen LogP contribution in [0.4, 0.5) is 11.4 Å². The van der Waals surface area contributed by atoms with Crippen molar-refractivity contribution in [3.05, 3.63) is 51.6 Å². The van der Waals surface area contributed by atoms with Gasteiger partial charge in [-0.15, -0.1) is 0 Å². The van der Waals surface area contributed by atoms with E-state index in [9.17, 15) is 20.0 Å². The summed E-state index contributed by atoms with van der Waals surface area (Å²) in [5.41, 5.74) is 0.404. The van der Waals surface area contributed by atoms with Gasteiger partial charge in [0.1, 0.15) is 0 Å². The van der Waals surface area contributed by atoms with E-state index >= 15 is 0 Å². The van der Waals surface area contributed by atoms with Crippen LogP contribution in [-0.4, -0.2) is 25.1 Å². The molecule has 0 unspecified atom stereocenters. The number of methoxy groups -OCH3 is 2. The van der Waals surface area contributed by atoms with Crippen molar-refractivity contribution in [1.82, 2.24) is 0 Å². The molecule has 0 fully saturated rings. The van der Waals surface area contributed by atoms with E-state index in [1.807, 2.05) is 0 Å². The first-order chi connectivity index (χ1) is 12.0. The topological polar surface area (TPSA) is 123 Å². The molecular formula is C16H13N2O7-. The average Bonchev–Trinajstić information content (AvgIpc) is 3.02. The van der Waals surface area contributed by atoms with Gasteiger partial charge in [0.25, 0.3) is 5.69 Å². The summed E-state index contributed by atoms with van der Waals surface area (Å²) in [4.78, 5) is 21.9. The number of ether oxygens (including phenoxy) is 3. The Hall–Kier alpha value is -3.49. The second kappa shape index (κ2) is 6.19. The summed E-state index contributed by atoms with van der Waals surface area (Å²) in [6.07, 6.45) is -0.871. The minimum Gasteiger partial charge on any atom is -0.545 e. The summed E-state index contributed by atoms with van der Waals surface area (Å²) >= 11 is 0. The van der Waals surface area contributed by atoms with E-state index in [1.54, 1.807) is 0 Å². The van der Waals surface area contributed by atoms with Gasteiger partial charge >= 0.3 is 0 Å². The van der Waals surface area contributed by atoms with Gasteiger partial charge in [0.2, 0.25) is 0 Å². The number of benzene rings is 2. The van der Waals surface area contributed by atoms with Crippen molar-refractivity contribution >= 4 is 17.3 Å². The molecule has 130 valence electrons. The van der Waals surface area contributed by atoms with Crippen molar-refractivity contribution in [1.29, 1.82) is 0 Å². The van der Waals surface area contributed by atoms with Crippen LogP contribution in [0.2, 0.25) is 0 Å². The van der Waals surface area contributed by atoms with E-state index in [2.05, 4.69) is 5.32 Å². The van der Waals surface area contributed by atoms with Crippen molar-refractivity contribution in [3.8, 4) is 17.2 Å². The molecule has 0 aromatic heterocycles. The summed E-state index contributed by atoms with van der Waals surface area (Å²) < 4.78 is 15.9. The van der Waals surface area contributed by atoms with Gasteiger partial charge in [-0.1, -0.05) is 0 Å². The average molecular weight is 345 g/mol. The number of anilines is 1.